The van der Waals surface area contributed by atoms with Crippen LogP contribution in [-0.2, 0) is 23.3 Å². The fourth-order valence-electron chi connectivity index (χ4n) is 4.04. The van der Waals surface area contributed by atoms with Gasteiger partial charge in [0.15, 0.2) is 0 Å². The van der Waals surface area contributed by atoms with Gasteiger partial charge >= 0.3 is 21.3 Å². The molecule has 35 heavy (non-hydrogen) atoms. The smallest absolute Gasteiger partial charge is 0.457 e. The molecule has 4 rings (SSSR count). The van der Waals surface area contributed by atoms with E-state index in [1.165, 1.54) is 0 Å². The second-order valence-corrected chi connectivity index (χ2v) is 12.7. The zero-order valence-electron chi connectivity index (χ0n) is 18.9. The summed E-state index contributed by atoms with van der Waals surface area (Å²) in [5.41, 5.74) is 0. The summed E-state index contributed by atoms with van der Waals surface area (Å²) in [4.78, 5) is 13.6. The molecule has 1 fully saturated rings. The molecule has 0 N–H and O–H groups in total. The molecule has 9 heteroatoms. The van der Waals surface area contributed by atoms with Gasteiger partial charge in [-0.15, -0.1) is 0 Å². The molecule has 3 aromatic rings. The molecule has 0 unspecified atom stereocenters. The first-order chi connectivity index (χ1) is 16.8. The largest absolute Gasteiger partial charge is 0.466 e. The lowest BCUT2D eigenvalue weighted by molar-refractivity contribution is -0.168. The fourth-order valence-corrected chi connectivity index (χ4v) is 9.09. The summed E-state index contributed by atoms with van der Waals surface area (Å²) in [6, 6.07) is 25.0. The summed E-state index contributed by atoms with van der Waals surface area (Å²) < 4.78 is 67.4. The predicted molar refractivity (Wildman–Crippen MR) is 130 cm³/mol. The van der Waals surface area contributed by atoms with Crippen LogP contribution in [0.15, 0.2) is 106 Å². The average molecular weight is 521 g/mol. The number of alkyl halides is 2. The van der Waals surface area contributed by atoms with Crippen molar-refractivity contribution in [3.8, 4) is 0 Å². The van der Waals surface area contributed by atoms with Crippen molar-refractivity contribution < 1.29 is 30.4 Å². The molecule has 5 nitrogen and oxygen atoms in total. The zero-order chi connectivity index (χ0) is 24.9. The average Bonchev–Trinajstić information content (AvgIpc) is 2.89. The Labute approximate surface area is 205 Å². The van der Waals surface area contributed by atoms with Crippen molar-refractivity contribution in [2.75, 3.05) is 0 Å². The Morgan fingerprint density at radius 1 is 0.714 bits per heavy atom. The second-order valence-electron chi connectivity index (χ2n) is 8.20. The number of rotatable bonds is 8. The Morgan fingerprint density at radius 2 is 1.11 bits per heavy atom. The Kier molecular flexibility index (Phi) is 7.59. The van der Waals surface area contributed by atoms with Gasteiger partial charge in [-0.05, 0) is 72.4 Å². The molecule has 0 aromatic heterocycles. The molecule has 0 aliphatic heterocycles. The van der Waals surface area contributed by atoms with Gasteiger partial charge in [0.2, 0.25) is 0 Å². The number of ether oxygens (including phenoxy) is 1. The van der Waals surface area contributed by atoms with E-state index in [1.807, 2.05) is 0 Å². The van der Waals surface area contributed by atoms with Crippen LogP contribution in [-0.4, -0.2) is 25.7 Å². The first-order valence-electron chi connectivity index (χ1n) is 11.3. The van der Waals surface area contributed by atoms with Gasteiger partial charge in [-0.25, -0.2) is 8.42 Å². The number of hydrogen-bond donors (Lipinski definition) is 0. The zero-order valence-corrected chi connectivity index (χ0v) is 20.5. The van der Waals surface area contributed by atoms with Crippen LogP contribution in [0.2, 0.25) is 0 Å². The highest BCUT2D eigenvalue weighted by atomic mass is 32.3. The minimum absolute atomic E-state index is 0.387. The maximum Gasteiger partial charge on any atom is 0.466 e. The summed E-state index contributed by atoms with van der Waals surface area (Å²) >= 11 is 0. The highest BCUT2D eigenvalue weighted by molar-refractivity contribution is 8.33. The van der Waals surface area contributed by atoms with E-state index in [0.717, 1.165) is 19.3 Å². The molecule has 1 saturated carbocycles. The minimum atomic E-state index is -5.78. The van der Waals surface area contributed by atoms with E-state index >= 15 is 8.78 Å². The lowest BCUT2D eigenvalue weighted by Gasteiger charge is -2.39. The number of esters is 1. The minimum Gasteiger partial charge on any atom is -0.457 e. The third-order valence-electron chi connectivity index (χ3n) is 5.79. The van der Waals surface area contributed by atoms with Crippen LogP contribution in [0.25, 0.3) is 0 Å². The van der Waals surface area contributed by atoms with Crippen molar-refractivity contribution in [2.45, 2.75) is 58.1 Å². The van der Waals surface area contributed by atoms with E-state index in [0.29, 0.717) is 27.5 Å². The van der Waals surface area contributed by atoms with Gasteiger partial charge < -0.3 is 4.74 Å². The van der Waals surface area contributed by atoms with Gasteiger partial charge in [0.1, 0.15) is 6.10 Å². The molecule has 0 bridgehead atoms. The number of halogens is 2. The molecular weight excluding hydrogens is 494 g/mol. The maximum atomic E-state index is 15.3. The van der Waals surface area contributed by atoms with E-state index in [2.05, 4.69) is 0 Å². The number of carbonyl (C=O) groups excluding carboxylic acids is 1. The highest BCUT2D eigenvalue weighted by Gasteiger charge is 2.59. The van der Waals surface area contributed by atoms with Gasteiger partial charge in [0, 0.05) is 14.7 Å². The van der Waals surface area contributed by atoms with Crippen molar-refractivity contribution in [3.05, 3.63) is 91.0 Å². The van der Waals surface area contributed by atoms with Gasteiger partial charge in [-0.3, -0.25) is 0 Å². The fraction of sp³-hybridized carbons (Fsp3) is 0.269. The molecule has 0 spiro atoms. The normalized spacial score (nSPS) is 15.9. The van der Waals surface area contributed by atoms with Gasteiger partial charge in [-0.1, -0.05) is 61.0 Å². The van der Waals surface area contributed by atoms with E-state index in [4.69, 9.17) is 8.37 Å². The van der Waals surface area contributed by atoms with E-state index in [1.54, 1.807) is 91.0 Å². The number of hydrogen-bond acceptors (Lipinski definition) is 5. The topological polar surface area (TPSA) is 69.7 Å². The summed E-state index contributed by atoms with van der Waals surface area (Å²) in [5, 5.41) is -4.89. The maximum absolute atomic E-state index is 15.3. The molecular formula is C26H26F2O5S2. The molecule has 0 atom stereocenters. The van der Waals surface area contributed by atoms with Crippen molar-refractivity contribution in [1.82, 2.24) is 0 Å². The third-order valence-corrected chi connectivity index (χ3v) is 10.9. The predicted octanol–water partition coefficient (Wildman–Crippen LogP) is 6.70. The lowest BCUT2D eigenvalue weighted by Crippen LogP contribution is -2.42. The summed E-state index contributed by atoms with van der Waals surface area (Å²) in [6.45, 7) is 0. The Hall–Kier alpha value is -2.75. The standard InChI is InChI=1S/C26H26F2O5S2/c27-26(28,25(29)32-21-13-5-1-6-14-21)35(30,31)33-34(22-15-7-2-8-16-22,23-17-9-3-10-18-23)24-19-11-4-12-20-24/h2-4,7-12,15-21H,1,5-6,13-14H2. The Balaban J connectivity index is 1.82. The van der Waals surface area contributed by atoms with Gasteiger partial charge in [0.25, 0.3) is 0 Å². The number of carbonyl (C=O) groups is 1. The first-order valence-corrected chi connectivity index (χ1v) is 14.3. The van der Waals surface area contributed by atoms with Crippen molar-refractivity contribution in [1.29, 1.82) is 0 Å². The molecule has 186 valence electrons. The lowest BCUT2D eigenvalue weighted by atomic mass is 9.98. The van der Waals surface area contributed by atoms with Gasteiger partial charge in [0.05, 0.1) is 0 Å². The molecule has 0 radical (unpaired) electrons. The van der Waals surface area contributed by atoms with Gasteiger partial charge in [-0.2, -0.15) is 17.2 Å². The van der Waals surface area contributed by atoms with Crippen LogP contribution in [0, 0.1) is 0 Å². The van der Waals surface area contributed by atoms with Crippen molar-refractivity contribution in [2.24, 2.45) is 0 Å². The Bertz CT molecular complexity index is 1130. The monoisotopic (exact) mass is 520 g/mol. The molecule has 1 aliphatic carbocycles. The summed E-state index contributed by atoms with van der Waals surface area (Å²) in [6.07, 6.45) is 2.51. The third kappa shape index (κ3) is 5.12. The van der Waals surface area contributed by atoms with Crippen LogP contribution in [0.5, 0.6) is 0 Å². The molecule has 0 saturated heterocycles. The SMILES string of the molecule is O=C(OC1CCCCC1)C(F)(F)S(=O)(=O)OS(c1ccccc1)(c1ccccc1)c1ccccc1. The highest BCUT2D eigenvalue weighted by Crippen LogP contribution is 2.70. The van der Waals surface area contributed by atoms with Crippen molar-refractivity contribution in [3.63, 3.8) is 0 Å². The molecule has 1 aliphatic rings. The van der Waals surface area contributed by atoms with Crippen LogP contribution in [0.3, 0.4) is 0 Å². The van der Waals surface area contributed by atoms with E-state index in [9.17, 15) is 13.2 Å². The van der Waals surface area contributed by atoms with Crippen LogP contribution in [0.1, 0.15) is 32.1 Å². The molecule has 0 amide bonds. The second kappa shape index (κ2) is 10.5. The van der Waals surface area contributed by atoms with Crippen molar-refractivity contribution >= 4 is 26.4 Å². The van der Waals surface area contributed by atoms with E-state index in [-0.39, 0.29) is 0 Å². The van der Waals surface area contributed by atoms with Crippen LogP contribution in [0.4, 0.5) is 8.78 Å². The van der Waals surface area contributed by atoms with E-state index < -0.39 is 37.8 Å². The Morgan fingerprint density at radius 3 is 1.51 bits per heavy atom. The van der Waals surface area contributed by atoms with Crippen LogP contribution >= 0.6 is 10.3 Å². The first kappa shape index (κ1) is 25.3. The number of benzene rings is 3. The summed E-state index contributed by atoms with van der Waals surface area (Å²) in [5.74, 6) is -2.10. The van der Waals surface area contributed by atoms with Crippen LogP contribution < -0.4 is 0 Å². The summed E-state index contributed by atoms with van der Waals surface area (Å²) in [7, 11) is -9.00. The molecule has 3 aromatic carbocycles. The molecule has 0 heterocycles. The quantitative estimate of drug-likeness (QED) is 0.309.